The van der Waals surface area contributed by atoms with Crippen LogP contribution in [0.2, 0.25) is 0 Å². The minimum absolute atomic E-state index is 0.189. The lowest BCUT2D eigenvalue weighted by Gasteiger charge is -2.37. The number of hydrogen-bond acceptors (Lipinski definition) is 4. The largest absolute Gasteiger partial charge is 0.355 e. The molecule has 5 rings (SSSR count). The molecule has 0 radical (unpaired) electrons. The van der Waals surface area contributed by atoms with Crippen molar-refractivity contribution in [2.45, 2.75) is 38.1 Å². The molecule has 3 aromatic rings. The normalized spacial score (nSPS) is 19.0. The second-order valence-corrected chi connectivity index (χ2v) is 8.39. The van der Waals surface area contributed by atoms with Gasteiger partial charge in [0.15, 0.2) is 5.84 Å². The first-order valence-corrected chi connectivity index (χ1v) is 10.9. The number of fused-ring (bicyclic) bond motifs is 1. The maximum Gasteiger partial charge on any atom is 0.156 e. The van der Waals surface area contributed by atoms with E-state index in [1.54, 1.807) is 0 Å². The van der Waals surface area contributed by atoms with Gasteiger partial charge in [0.05, 0.1) is 6.04 Å². The molecule has 0 saturated carbocycles. The number of amidine groups is 1. The van der Waals surface area contributed by atoms with Crippen LogP contribution in [0.3, 0.4) is 0 Å². The summed E-state index contributed by atoms with van der Waals surface area (Å²) in [5.74, 6) is 1.75. The Morgan fingerprint density at radius 1 is 0.967 bits per heavy atom. The summed E-state index contributed by atoms with van der Waals surface area (Å²) in [6, 6.07) is 24.1. The molecule has 1 fully saturated rings. The first-order valence-electron chi connectivity index (χ1n) is 10.9. The quantitative estimate of drug-likeness (QED) is 0.690. The summed E-state index contributed by atoms with van der Waals surface area (Å²) >= 11 is 0. The van der Waals surface area contributed by atoms with Gasteiger partial charge < -0.3 is 10.3 Å². The minimum Gasteiger partial charge on any atom is -0.355 e. The zero-order valence-corrected chi connectivity index (χ0v) is 17.5. The fourth-order valence-corrected chi connectivity index (χ4v) is 4.79. The molecule has 4 heteroatoms. The second kappa shape index (κ2) is 8.31. The van der Waals surface area contributed by atoms with Crippen LogP contribution < -0.4 is 5.43 Å². The second-order valence-electron chi connectivity index (χ2n) is 8.39. The van der Waals surface area contributed by atoms with Crippen molar-refractivity contribution in [3.8, 4) is 0 Å². The van der Waals surface area contributed by atoms with E-state index in [1.807, 2.05) is 13.1 Å². The average Bonchev–Trinajstić information content (AvgIpc) is 2.80. The Kier molecular flexibility index (Phi) is 5.22. The SMILES string of the molecule is Cc1cc(CC2NN=C(N3CCC(c4ccccc4)CC3)c3ccccc32)ccn1. The minimum atomic E-state index is 0.189. The highest BCUT2D eigenvalue weighted by atomic mass is 15.4. The van der Waals surface area contributed by atoms with Gasteiger partial charge in [-0.05, 0) is 60.9 Å². The third-order valence-electron chi connectivity index (χ3n) is 6.37. The van der Waals surface area contributed by atoms with Crippen LogP contribution in [0.5, 0.6) is 0 Å². The molecule has 0 aliphatic carbocycles. The van der Waals surface area contributed by atoms with Gasteiger partial charge in [-0.2, -0.15) is 5.10 Å². The molecule has 2 aliphatic rings. The van der Waals surface area contributed by atoms with Gasteiger partial charge in [-0.1, -0.05) is 54.6 Å². The third-order valence-corrected chi connectivity index (χ3v) is 6.37. The Morgan fingerprint density at radius 2 is 1.73 bits per heavy atom. The number of piperidine rings is 1. The van der Waals surface area contributed by atoms with Gasteiger partial charge >= 0.3 is 0 Å². The maximum atomic E-state index is 4.87. The van der Waals surface area contributed by atoms with Crippen molar-refractivity contribution in [3.05, 3.63) is 101 Å². The van der Waals surface area contributed by atoms with Crippen LogP contribution in [-0.2, 0) is 6.42 Å². The van der Waals surface area contributed by atoms with Crippen molar-refractivity contribution in [1.29, 1.82) is 0 Å². The Hall–Kier alpha value is -3.14. The van der Waals surface area contributed by atoms with E-state index < -0.39 is 0 Å². The molecule has 152 valence electrons. The molecule has 0 spiro atoms. The van der Waals surface area contributed by atoms with Crippen LogP contribution in [0.4, 0.5) is 0 Å². The molecule has 30 heavy (non-hydrogen) atoms. The molecule has 1 atom stereocenters. The summed E-state index contributed by atoms with van der Waals surface area (Å²) in [4.78, 5) is 6.78. The van der Waals surface area contributed by atoms with Gasteiger partial charge in [-0.15, -0.1) is 0 Å². The molecule has 3 heterocycles. The van der Waals surface area contributed by atoms with Crippen LogP contribution in [0.25, 0.3) is 0 Å². The maximum absolute atomic E-state index is 4.87. The molecule has 2 aliphatic heterocycles. The molecule has 1 saturated heterocycles. The van der Waals surface area contributed by atoms with Gasteiger partial charge in [-0.3, -0.25) is 4.98 Å². The van der Waals surface area contributed by atoms with Gasteiger partial charge in [0.25, 0.3) is 0 Å². The Balaban J connectivity index is 1.33. The Bertz CT molecular complexity index is 1040. The van der Waals surface area contributed by atoms with Crippen LogP contribution in [0, 0.1) is 6.92 Å². The van der Waals surface area contributed by atoms with Crippen LogP contribution in [0.15, 0.2) is 78.0 Å². The van der Waals surface area contributed by atoms with E-state index in [9.17, 15) is 0 Å². The van der Waals surface area contributed by atoms with Crippen LogP contribution in [-0.4, -0.2) is 28.8 Å². The summed E-state index contributed by atoms with van der Waals surface area (Å²) in [5, 5.41) is 4.87. The van der Waals surface area contributed by atoms with Crippen LogP contribution >= 0.6 is 0 Å². The van der Waals surface area contributed by atoms with E-state index in [0.29, 0.717) is 5.92 Å². The van der Waals surface area contributed by atoms with Crippen molar-refractivity contribution in [1.82, 2.24) is 15.3 Å². The summed E-state index contributed by atoms with van der Waals surface area (Å²) in [6.07, 6.45) is 5.15. The van der Waals surface area contributed by atoms with Gasteiger partial charge in [0.2, 0.25) is 0 Å². The van der Waals surface area contributed by atoms with Crippen molar-refractivity contribution >= 4 is 5.84 Å². The number of nitrogens with zero attached hydrogens (tertiary/aromatic N) is 3. The van der Waals surface area contributed by atoms with Crippen molar-refractivity contribution < 1.29 is 0 Å². The zero-order valence-electron chi connectivity index (χ0n) is 17.5. The number of hydrazone groups is 1. The van der Waals surface area contributed by atoms with Gasteiger partial charge in [-0.25, -0.2) is 0 Å². The lowest BCUT2D eigenvalue weighted by atomic mass is 9.88. The fraction of sp³-hybridized carbons (Fsp3) is 0.308. The number of benzene rings is 2. The predicted octanol–water partition coefficient (Wildman–Crippen LogP) is 4.82. The average molecular weight is 397 g/mol. The molecule has 1 N–H and O–H groups in total. The zero-order chi connectivity index (χ0) is 20.3. The lowest BCUT2D eigenvalue weighted by Crippen LogP contribution is -2.42. The number of aromatic nitrogens is 1. The third kappa shape index (κ3) is 3.82. The van der Waals surface area contributed by atoms with Crippen molar-refractivity contribution in [2.75, 3.05) is 13.1 Å². The molecule has 0 amide bonds. The molecule has 0 bridgehead atoms. The molecule has 2 aromatic carbocycles. The lowest BCUT2D eigenvalue weighted by molar-refractivity contribution is 0.309. The van der Waals surface area contributed by atoms with E-state index in [-0.39, 0.29) is 6.04 Å². The van der Waals surface area contributed by atoms with Gasteiger partial charge in [0, 0.05) is 30.5 Å². The van der Waals surface area contributed by atoms with Crippen molar-refractivity contribution in [2.24, 2.45) is 5.10 Å². The number of aryl methyl sites for hydroxylation is 1. The summed E-state index contributed by atoms with van der Waals surface area (Å²) < 4.78 is 0. The Labute approximate surface area is 178 Å². The Morgan fingerprint density at radius 3 is 2.53 bits per heavy atom. The highest BCUT2D eigenvalue weighted by Crippen LogP contribution is 2.31. The molecular weight excluding hydrogens is 368 g/mol. The molecular formula is C26H28N4. The summed E-state index contributed by atoms with van der Waals surface area (Å²) in [7, 11) is 0. The standard InChI is InChI=1S/C26H28N4/c1-19-17-20(11-14-27-19)18-25-23-9-5-6-10-24(23)26(29-28-25)30-15-12-22(13-16-30)21-7-3-2-4-8-21/h2-11,14,17,22,25,28H,12-13,15-16,18H2,1H3. The number of pyridine rings is 1. The predicted molar refractivity (Wildman–Crippen MR) is 122 cm³/mol. The van der Waals surface area contributed by atoms with Gasteiger partial charge in [0.1, 0.15) is 0 Å². The number of likely N-dealkylation sites (tertiary alicyclic amines) is 1. The topological polar surface area (TPSA) is 40.5 Å². The van der Waals surface area contributed by atoms with Crippen LogP contribution in [0.1, 0.15) is 52.7 Å². The highest BCUT2D eigenvalue weighted by Gasteiger charge is 2.29. The van der Waals surface area contributed by atoms with E-state index in [4.69, 9.17) is 5.10 Å². The smallest absolute Gasteiger partial charge is 0.156 e. The van der Waals surface area contributed by atoms with E-state index in [0.717, 1.165) is 31.0 Å². The molecule has 1 aromatic heterocycles. The number of rotatable bonds is 3. The summed E-state index contributed by atoms with van der Waals surface area (Å²) in [5.41, 5.74) is 9.88. The number of nitrogens with one attached hydrogen (secondary N) is 1. The highest BCUT2D eigenvalue weighted by molar-refractivity contribution is 6.00. The van der Waals surface area contributed by atoms with E-state index >= 15 is 0 Å². The monoisotopic (exact) mass is 396 g/mol. The van der Waals surface area contributed by atoms with Crippen molar-refractivity contribution in [3.63, 3.8) is 0 Å². The molecule has 1 unspecified atom stereocenters. The fourth-order valence-electron chi connectivity index (χ4n) is 4.79. The molecule has 4 nitrogen and oxygen atoms in total. The van der Waals surface area contributed by atoms with E-state index in [2.05, 4.69) is 82.0 Å². The number of hydrogen-bond donors (Lipinski definition) is 1. The first kappa shape index (κ1) is 18.9. The first-order chi connectivity index (χ1) is 14.8. The van der Waals surface area contributed by atoms with E-state index in [1.165, 1.54) is 35.1 Å². The summed E-state index contributed by atoms with van der Waals surface area (Å²) in [6.45, 7) is 4.13.